The van der Waals surface area contributed by atoms with Gasteiger partial charge < -0.3 is 19.7 Å². The maximum absolute atomic E-state index is 13.3. The molecule has 38 heavy (non-hydrogen) atoms. The fraction of sp³-hybridized carbons (Fsp3) is 0.387. The van der Waals surface area contributed by atoms with Gasteiger partial charge in [0.2, 0.25) is 0 Å². The van der Waals surface area contributed by atoms with E-state index in [9.17, 15) is 9.59 Å². The van der Waals surface area contributed by atoms with Crippen LogP contribution in [-0.2, 0) is 15.9 Å². The van der Waals surface area contributed by atoms with Crippen molar-refractivity contribution in [2.75, 3.05) is 26.2 Å². The third-order valence-corrected chi connectivity index (χ3v) is 6.45. The fourth-order valence-electron chi connectivity index (χ4n) is 4.75. The summed E-state index contributed by atoms with van der Waals surface area (Å²) in [5, 5.41) is 2.76. The minimum atomic E-state index is -0.553. The first-order chi connectivity index (χ1) is 18.3. The SMILES string of the molecule is CC(C)(C)OC(=O)NCCCN(CCCc1ccccn1)C(=O)OCC1c2ccccc2-c2ccccc21. The van der Waals surface area contributed by atoms with E-state index < -0.39 is 11.7 Å². The summed E-state index contributed by atoms with van der Waals surface area (Å²) in [7, 11) is 0. The van der Waals surface area contributed by atoms with E-state index in [2.05, 4.69) is 34.6 Å². The van der Waals surface area contributed by atoms with Crippen LogP contribution in [0.1, 0.15) is 56.4 Å². The molecule has 1 aromatic heterocycles. The lowest BCUT2D eigenvalue weighted by Crippen LogP contribution is -2.37. The Morgan fingerprint density at radius 1 is 0.895 bits per heavy atom. The Labute approximate surface area is 225 Å². The molecule has 1 aliphatic rings. The third-order valence-electron chi connectivity index (χ3n) is 6.45. The van der Waals surface area contributed by atoms with Crippen molar-refractivity contribution in [3.05, 3.63) is 89.7 Å². The quantitative estimate of drug-likeness (QED) is 0.326. The summed E-state index contributed by atoms with van der Waals surface area (Å²) >= 11 is 0. The van der Waals surface area contributed by atoms with E-state index >= 15 is 0 Å². The van der Waals surface area contributed by atoms with Gasteiger partial charge >= 0.3 is 12.2 Å². The number of nitrogens with zero attached hydrogens (tertiary/aromatic N) is 2. The number of carbonyl (C=O) groups excluding carboxylic acids is 2. The monoisotopic (exact) mass is 515 g/mol. The number of pyridine rings is 1. The van der Waals surface area contributed by atoms with Gasteiger partial charge in [-0.2, -0.15) is 0 Å². The van der Waals surface area contributed by atoms with Crippen LogP contribution >= 0.6 is 0 Å². The predicted molar refractivity (Wildman–Crippen MR) is 148 cm³/mol. The highest BCUT2D eigenvalue weighted by atomic mass is 16.6. The molecule has 0 aliphatic heterocycles. The van der Waals surface area contributed by atoms with Gasteiger partial charge in [0.15, 0.2) is 0 Å². The minimum Gasteiger partial charge on any atom is -0.448 e. The highest BCUT2D eigenvalue weighted by Gasteiger charge is 2.29. The molecule has 1 N–H and O–H groups in total. The van der Waals surface area contributed by atoms with Gasteiger partial charge in [0, 0.05) is 37.4 Å². The maximum Gasteiger partial charge on any atom is 0.409 e. The summed E-state index contributed by atoms with van der Waals surface area (Å²) < 4.78 is 11.2. The molecule has 4 rings (SSSR count). The molecule has 1 aliphatic carbocycles. The Morgan fingerprint density at radius 3 is 2.16 bits per heavy atom. The molecule has 0 bridgehead atoms. The molecule has 3 aromatic rings. The predicted octanol–water partition coefficient (Wildman–Crippen LogP) is 6.18. The number of aryl methyl sites for hydroxylation is 1. The van der Waals surface area contributed by atoms with Gasteiger partial charge in [-0.25, -0.2) is 9.59 Å². The van der Waals surface area contributed by atoms with E-state index in [0.717, 1.165) is 18.5 Å². The van der Waals surface area contributed by atoms with Crippen LogP contribution in [0.2, 0.25) is 0 Å². The second-order valence-electron chi connectivity index (χ2n) is 10.5. The Bertz CT molecular complexity index is 1180. The number of hydrogen-bond donors (Lipinski definition) is 1. The molecule has 200 valence electrons. The largest absolute Gasteiger partial charge is 0.448 e. The molecule has 0 saturated heterocycles. The Morgan fingerprint density at radius 2 is 1.53 bits per heavy atom. The van der Waals surface area contributed by atoms with Crippen molar-refractivity contribution >= 4 is 12.2 Å². The molecule has 2 amide bonds. The van der Waals surface area contributed by atoms with E-state index in [1.807, 2.05) is 63.2 Å². The van der Waals surface area contributed by atoms with Gasteiger partial charge in [0.05, 0.1) is 0 Å². The van der Waals surface area contributed by atoms with Crippen LogP contribution in [0.3, 0.4) is 0 Å². The summed E-state index contributed by atoms with van der Waals surface area (Å²) in [6, 6.07) is 22.5. The van der Waals surface area contributed by atoms with Crippen molar-refractivity contribution in [2.45, 2.75) is 51.6 Å². The zero-order chi connectivity index (χ0) is 27.0. The normalized spacial score (nSPS) is 12.4. The van der Waals surface area contributed by atoms with Crippen LogP contribution in [0.4, 0.5) is 9.59 Å². The van der Waals surface area contributed by atoms with E-state index in [-0.39, 0.29) is 18.6 Å². The summed E-state index contributed by atoms with van der Waals surface area (Å²) in [5.41, 5.74) is 5.21. The zero-order valence-corrected chi connectivity index (χ0v) is 22.5. The average molecular weight is 516 g/mol. The Kier molecular flexibility index (Phi) is 9.00. The van der Waals surface area contributed by atoms with Gasteiger partial charge in [-0.05, 0) is 74.4 Å². The van der Waals surface area contributed by atoms with Crippen molar-refractivity contribution in [1.82, 2.24) is 15.2 Å². The molecular weight excluding hydrogens is 478 g/mol. The first kappa shape index (κ1) is 27.2. The smallest absolute Gasteiger partial charge is 0.409 e. The first-order valence-electron chi connectivity index (χ1n) is 13.3. The second-order valence-corrected chi connectivity index (χ2v) is 10.5. The van der Waals surface area contributed by atoms with Gasteiger partial charge in [-0.1, -0.05) is 54.6 Å². The van der Waals surface area contributed by atoms with E-state index in [1.165, 1.54) is 22.3 Å². The van der Waals surface area contributed by atoms with Gasteiger partial charge in [0.25, 0.3) is 0 Å². The summed E-state index contributed by atoms with van der Waals surface area (Å²) in [6.07, 6.45) is 3.10. The van der Waals surface area contributed by atoms with Gasteiger partial charge in [-0.3, -0.25) is 4.98 Å². The number of hydrogen-bond acceptors (Lipinski definition) is 5. The van der Waals surface area contributed by atoms with Crippen LogP contribution in [0, 0.1) is 0 Å². The Hall–Kier alpha value is -3.87. The van der Waals surface area contributed by atoms with Gasteiger partial charge in [0.1, 0.15) is 12.2 Å². The molecule has 0 atom stereocenters. The number of amides is 2. The first-order valence-corrected chi connectivity index (χ1v) is 13.3. The topological polar surface area (TPSA) is 80.8 Å². The van der Waals surface area contributed by atoms with Crippen LogP contribution in [0.15, 0.2) is 72.9 Å². The van der Waals surface area contributed by atoms with Crippen molar-refractivity contribution in [1.29, 1.82) is 0 Å². The molecule has 0 unspecified atom stereocenters. The minimum absolute atomic E-state index is 0.00977. The lowest BCUT2D eigenvalue weighted by molar-refractivity contribution is 0.0525. The van der Waals surface area contributed by atoms with E-state index in [0.29, 0.717) is 26.1 Å². The highest BCUT2D eigenvalue weighted by Crippen LogP contribution is 2.44. The number of benzene rings is 2. The number of aromatic nitrogens is 1. The maximum atomic E-state index is 13.3. The van der Waals surface area contributed by atoms with E-state index in [4.69, 9.17) is 9.47 Å². The lowest BCUT2D eigenvalue weighted by Gasteiger charge is -2.24. The van der Waals surface area contributed by atoms with Crippen molar-refractivity contribution < 1.29 is 19.1 Å². The number of rotatable bonds is 10. The molecule has 1 heterocycles. The van der Waals surface area contributed by atoms with Crippen LogP contribution < -0.4 is 5.32 Å². The standard InChI is InChI=1S/C31H37N3O4/c1-31(2,3)38-29(35)33-19-11-21-34(20-10-13-23-12-8-9-18-32-23)30(36)37-22-28-26-16-6-4-14-24(26)25-15-5-7-17-27(25)28/h4-9,12,14-18,28H,10-11,13,19-22H2,1-3H3,(H,33,35). The molecule has 7 heteroatoms. The van der Waals surface area contributed by atoms with Crippen LogP contribution in [0.5, 0.6) is 0 Å². The zero-order valence-electron chi connectivity index (χ0n) is 22.5. The lowest BCUT2D eigenvalue weighted by atomic mass is 9.98. The molecular formula is C31H37N3O4. The molecule has 2 aromatic carbocycles. The van der Waals surface area contributed by atoms with Crippen molar-refractivity contribution in [3.63, 3.8) is 0 Å². The number of fused-ring (bicyclic) bond motifs is 3. The molecule has 0 saturated carbocycles. The molecule has 0 spiro atoms. The number of ether oxygens (including phenoxy) is 2. The molecule has 7 nitrogen and oxygen atoms in total. The second kappa shape index (κ2) is 12.6. The number of carbonyl (C=O) groups is 2. The Balaban J connectivity index is 1.35. The summed E-state index contributed by atoms with van der Waals surface area (Å²) in [5.74, 6) is 0.00977. The fourth-order valence-corrected chi connectivity index (χ4v) is 4.75. The van der Waals surface area contributed by atoms with Crippen molar-refractivity contribution in [3.8, 4) is 11.1 Å². The summed E-state index contributed by atoms with van der Waals surface area (Å²) in [4.78, 5) is 31.3. The highest BCUT2D eigenvalue weighted by molar-refractivity contribution is 5.79. The number of alkyl carbamates (subject to hydrolysis) is 1. The third kappa shape index (κ3) is 7.34. The number of nitrogens with one attached hydrogen (secondary N) is 1. The molecule has 0 radical (unpaired) electrons. The van der Waals surface area contributed by atoms with Crippen LogP contribution in [-0.4, -0.2) is 53.9 Å². The van der Waals surface area contributed by atoms with Crippen LogP contribution in [0.25, 0.3) is 11.1 Å². The average Bonchev–Trinajstić information content (AvgIpc) is 3.22. The van der Waals surface area contributed by atoms with Crippen molar-refractivity contribution in [2.24, 2.45) is 0 Å². The molecule has 0 fully saturated rings. The summed E-state index contributed by atoms with van der Waals surface area (Å²) in [6.45, 7) is 7.17. The van der Waals surface area contributed by atoms with Gasteiger partial charge in [-0.15, -0.1) is 0 Å². The van der Waals surface area contributed by atoms with E-state index in [1.54, 1.807) is 11.1 Å².